The number of rotatable bonds is 10. The highest BCUT2D eigenvalue weighted by molar-refractivity contribution is 6.00. The molecule has 12 heteroatoms. The molecule has 0 bridgehead atoms. The number of hydrazone groups is 1. The molecule has 0 fully saturated rings. The Balaban J connectivity index is 1.25. The number of amides is 3. The zero-order valence-corrected chi connectivity index (χ0v) is 24.2. The Hall–Kier alpha value is -5.65. The van der Waals surface area contributed by atoms with Crippen LogP contribution in [0.2, 0.25) is 0 Å². The molecule has 1 aliphatic rings. The number of ether oxygens (including phenoxy) is 3. The molecule has 0 aliphatic carbocycles. The molecule has 1 aliphatic heterocycles. The van der Waals surface area contributed by atoms with Crippen LogP contribution in [-0.4, -0.2) is 49.5 Å². The summed E-state index contributed by atoms with van der Waals surface area (Å²) in [4.78, 5) is 37.0. The molecule has 3 aromatic carbocycles. The minimum Gasteiger partial charge on any atom is -0.493 e. The van der Waals surface area contributed by atoms with Crippen LogP contribution in [0, 0.1) is 5.82 Å². The predicted octanol–water partition coefficient (Wildman–Crippen LogP) is 4.17. The third kappa shape index (κ3) is 6.38. The van der Waals surface area contributed by atoms with Gasteiger partial charge >= 0.3 is 12.0 Å². The highest BCUT2D eigenvalue weighted by Crippen LogP contribution is 2.34. The minimum absolute atomic E-state index is 0.246. The van der Waals surface area contributed by atoms with Gasteiger partial charge in [-0.1, -0.05) is 42.5 Å². The molecule has 0 radical (unpaired) electrons. The summed E-state index contributed by atoms with van der Waals surface area (Å²) in [5.41, 5.74) is 5.82. The van der Waals surface area contributed by atoms with Gasteiger partial charge in [0, 0.05) is 33.9 Å². The summed E-state index contributed by atoms with van der Waals surface area (Å²) in [6.45, 7) is 1.59. The predicted molar refractivity (Wildman–Crippen MR) is 161 cm³/mol. The molecule has 2 heterocycles. The number of hydrogen-bond acceptors (Lipinski definition) is 7. The second-order valence-corrected chi connectivity index (χ2v) is 9.87. The molecular weight excluding hydrogens is 569 g/mol. The van der Waals surface area contributed by atoms with Crippen LogP contribution in [0.25, 0.3) is 10.9 Å². The van der Waals surface area contributed by atoms with Gasteiger partial charge in [-0.25, -0.2) is 19.4 Å². The zero-order valence-electron chi connectivity index (χ0n) is 24.2. The van der Waals surface area contributed by atoms with E-state index in [1.54, 1.807) is 43.3 Å². The number of hydrogen-bond donors (Lipinski definition) is 3. The van der Waals surface area contributed by atoms with E-state index in [2.05, 4.69) is 21.2 Å². The number of carbonyl (C=O) groups is 3. The minimum atomic E-state index is -0.783. The molecule has 226 valence electrons. The molecule has 44 heavy (non-hydrogen) atoms. The Labute approximate surface area is 252 Å². The monoisotopic (exact) mass is 599 g/mol. The summed E-state index contributed by atoms with van der Waals surface area (Å²) in [5.74, 6) is -0.830. The molecule has 1 aromatic heterocycles. The average Bonchev–Trinajstić information content (AvgIpc) is 3.37. The summed E-state index contributed by atoms with van der Waals surface area (Å²) in [6, 6.07) is 17.9. The number of benzene rings is 3. The van der Waals surface area contributed by atoms with Crippen LogP contribution in [0.4, 0.5) is 9.18 Å². The third-order valence-corrected chi connectivity index (χ3v) is 7.07. The smallest absolute Gasteiger partial charge is 0.337 e. The van der Waals surface area contributed by atoms with Gasteiger partial charge in [0.05, 0.1) is 38.6 Å². The number of aromatic nitrogens is 1. The van der Waals surface area contributed by atoms with Gasteiger partial charge in [-0.2, -0.15) is 5.10 Å². The molecule has 3 amide bonds. The summed E-state index contributed by atoms with van der Waals surface area (Å²) < 4.78 is 32.2. The molecule has 0 saturated carbocycles. The third-order valence-electron chi connectivity index (χ3n) is 7.07. The van der Waals surface area contributed by atoms with Crippen molar-refractivity contribution in [2.45, 2.75) is 19.5 Å². The van der Waals surface area contributed by atoms with Crippen LogP contribution in [0.5, 0.6) is 11.5 Å². The number of nitrogens with zero attached hydrogens (tertiary/aromatic N) is 2. The van der Waals surface area contributed by atoms with Crippen LogP contribution in [0.1, 0.15) is 29.7 Å². The van der Waals surface area contributed by atoms with Crippen molar-refractivity contribution < 1.29 is 33.0 Å². The Kier molecular flexibility index (Phi) is 8.89. The molecule has 3 N–H and O–H groups in total. The Morgan fingerprint density at radius 3 is 2.61 bits per heavy atom. The van der Waals surface area contributed by atoms with Crippen LogP contribution >= 0.6 is 0 Å². The van der Waals surface area contributed by atoms with Crippen molar-refractivity contribution in [3.05, 3.63) is 107 Å². The average molecular weight is 600 g/mol. The molecule has 0 unspecified atom stereocenters. The maximum atomic E-state index is 14.3. The van der Waals surface area contributed by atoms with Gasteiger partial charge < -0.3 is 29.4 Å². The Morgan fingerprint density at radius 2 is 1.84 bits per heavy atom. The zero-order chi connectivity index (χ0) is 31.2. The van der Waals surface area contributed by atoms with Gasteiger partial charge in [0.15, 0.2) is 18.1 Å². The maximum Gasteiger partial charge on any atom is 0.337 e. The second-order valence-electron chi connectivity index (χ2n) is 9.87. The van der Waals surface area contributed by atoms with Gasteiger partial charge in [-0.3, -0.25) is 4.79 Å². The highest BCUT2D eigenvalue weighted by atomic mass is 19.1. The summed E-state index contributed by atoms with van der Waals surface area (Å²) >= 11 is 0. The van der Waals surface area contributed by atoms with Crippen LogP contribution in [-0.2, 0) is 20.9 Å². The van der Waals surface area contributed by atoms with Gasteiger partial charge in [-0.05, 0) is 36.8 Å². The van der Waals surface area contributed by atoms with Crippen molar-refractivity contribution in [1.82, 2.24) is 20.6 Å². The first kappa shape index (κ1) is 29.8. The lowest BCUT2D eigenvalue weighted by atomic mass is 9.95. The fourth-order valence-electron chi connectivity index (χ4n) is 4.98. The van der Waals surface area contributed by atoms with Crippen molar-refractivity contribution in [1.29, 1.82) is 0 Å². The van der Waals surface area contributed by atoms with Gasteiger partial charge in [0.25, 0.3) is 5.91 Å². The molecular formula is C32H30FN5O6. The summed E-state index contributed by atoms with van der Waals surface area (Å²) in [7, 11) is 2.69. The highest BCUT2D eigenvalue weighted by Gasteiger charge is 2.32. The molecule has 5 rings (SSSR count). The number of allylic oxidation sites excluding steroid dienone is 1. The number of nitrogens with one attached hydrogen (secondary N) is 3. The summed E-state index contributed by atoms with van der Waals surface area (Å²) in [5, 5.41) is 10.3. The van der Waals surface area contributed by atoms with Gasteiger partial charge in [-0.15, -0.1) is 0 Å². The number of methoxy groups -OCH3 is 2. The normalized spacial score (nSPS) is 14.7. The van der Waals surface area contributed by atoms with E-state index >= 15 is 0 Å². The lowest BCUT2D eigenvalue weighted by Gasteiger charge is -2.28. The standard InChI is InChI=1S/C32H30FN5O6/c1-19-29(31(40)43-3)30(36-32(41)35-19)20-12-13-26(27(14-20)42-2)44-18-28(39)37-34-15-22-17-38(25-11-7-5-9-23(22)25)16-21-8-4-6-10-24(21)33/h4-15,17,30H,16,18H2,1-3H3,(H,37,39)(H2,35,36,41)/b34-15-/t30-/m1/s1. The fourth-order valence-corrected chi connectivity index (χ4v) is 4.98. The Bertz CT molecular complexity index is 1800. The van der Waals surface area contributed by atoms with E-state index in [1.165, 1.54) is 26.5 Å². The van der Waals surface area contributed by atoms with E-state index in [-0.39, 0.29) is 29.5 Å². The number of esters is 1. The van der Waals surface area contributed by atoms with Crippen molar-refractivity contribution in [2.24, 2.45) is 5.10 Å². The lowest BCUT2D eigenvalue weighted by Crippen LogP contribution is -2.45. The molecule has 1 atom stereocenters. The van der Waals surface area contributed by atoms with Crippen molar-refractivity contribution in [3.63, 3.8) is 0 Å². The molecule has 0 saturated heterocycles. The Morgan fingerprint density at radius 1 is 1.07 bits per heavy atom. The van der Waals surface area contributed by atoms with Crippen molar-refractivity contribution in [3.8, 4) is 11.5 Å². The van der Waals surface area contributed by atoms with Crippen molar-refractivity contribution in [2.75, 3.05) is 20.8 Å². The lowest BCUT2D eigenvalue weighted by molar-refractivity contribution is -0.136. The van der Waals surface area contributed by atoms with Crippen LogP contribution in [0.3, 0.4) is 0 Å². The number of fused-ring (bicyclic) bond motifs is 1. The number of para-hydroxylation sites is 1. The van der Waals surface area contributed by atoms with Gasteiger partial charge in [0.2, 0.25) is 0 Å². The van der Waals surface area contributed by atoms with Gasteiger partial charge in [0.1, 0.15) is 5.82 Å². The largest absolute Gasteiger partial charge is 0.493 e. The van der Waals surface area contributed by atoms with E-state index in [0.29, 0.717) is 23.4 Å². The first-order valence-electron chi connectivity index (χ1n) is 13.6. The van der Waals surface area contributed by atoms with Crippen LogP contribution < -0.4 is 25.5 Å². The molecule has 0 spiro atoms. The summed E-state index contributed by atoms with van der Waals surface area (Å²) in [6.07, 6.45) is 3.37. The van der Waals surface area contributed by atoms with Crippen molar-refractivity contribution >= 4 is 35.0 Å². The number of halogens is 1. The van der Waals surface area contributed by atoms with E-state index < -0.39 is 23.9 Å². The fraction of sp³-hybridized carbons (Fsp3) is 0.188. The maximum absolute atomic E-state index is 14.3. The van der Waals surface area contributed by atoms with E-state index in [9.17, 15) is 18.8 Å². The molecule has 4 aromatic rings. The SMILES string of the molecule is COC(=O)C1=C(C)NC(=O)N[C@@H]1c1ccc(OCC(=O)N/N=C\c2cn(Cc3ccccc3F)c3ccccc23)c(OC)c1. The van der Waals surface area contributed by atoms with E-state index in [0.717, 1.165) is 16.5 Å². The molecule has 11 nitrogen and oxygen atoms in total. The number of urea groups is 1. The first-order valence-corrected chi connectivity index (χ1v) is 13.6. The quantitative estimate of drug-likeness (QED) is 0.142. The first-order chi connectivity index (χ1) is 21.3. The number of carbonyl (C=O) groups excluding carboxylic acids is 3. The topological polar surface area (TPSA) is 132 Å². The second kappa shape index (κ2) is 13.1. The van der Waals surface area contributed by atoms with E-state index in [1.807, 2.05) is 35.0 Å². The van der Waals surface area contributed by atoms with Crippen LogP contribution in [0.15, 0.2) is 89.3 Å². The van der Waals surface area contributed by atoms with E-state index in [4.69, 9.17) is 14.2 Å².